The van der Waals surface area contributed by atoms with Crippen LogP contribution >= 0.6 is 11.3 Å². The second kappa shape index (κ2) is 10.3. The average Bonchev–Trinajstić information content (AvgIpc) is 3.57. The van der Waals surface area contributed by atoms with Gasteiger partial charge in [-0.1, -0.05) is 0 Å². The third kappa shape index (κ3) is 5.05. The summed E-state index contributed by atoms with van der Waals surface area (Å²) in [6.07, 6.45) is 2.73. The van der Waals surface area contributed by atoms with E-state index in [2.05, 4.69) is 15.6 Å². The Morgan fingerprint density at radius 1 is 1.16 bits per heavy atom. The first-order valence-corrected chi connectivity index (χ1v) is 14.0. The zero-order chi connectivity index (χ0) is 26.4. The predicted octanol–water partition coefficient (Wildman–Crippen LogP) is 1.97. The molecule has 6 rings (SSSR count). The third-order valence-electron chi connectivity index (χ3n) is 7.70. The Morgan fingerprint density at radius 2 is 2.00 bits per heavy atom. The molecule has 2 aliphatic carbocycles. The molecule has 12 heteroatoms. The number of hydrogen-bond acceptors (Lipinski definition) is 11. The number of carbonyl (C=O) groups is 1. The molecule has 2 saturated carbocycles. The standard InChI is InChI=1S/C26H33N7O4S/c1-13-20(25-31-21-14(2)27-6-5-18(21)38-25)24(32-26(29-13)28-10-15-3-4-15)30-17-9-16(22(35)23(17)36)11-33-7-8-37-12-19(33)34/h5-6,15-17,22-23,35-36H,3-4,7-12H2,1-2H3,(H2,28,29,30,32)/t16-,17-,22-,23+/m1/s1. The van der Waals surface area contributed by atoms with Gasteiger partial charge in [-0.05, 0) is 45.1 Å². The number of aliphatic hydroxyl groups is 2. The van der Waals surface area contributed by atoms with Gasteiger partial charge in [0.2, 0.25) is 11.9 Å². The Labute approximate surface area is 224 Å². The van der Waals surface area contributed by atoms with E-state index in [1.807, 2.05) is 19.9 Å². The summed E-state index contributed by atoms with van der Waals surface area (Å²) in [6, 6.07) is 1.50. The minimum atomic E-state index is -1.01. The number of hydrogen-bond donors (Lipinski definition) is 4. The van der Waals surface area contributed by atoms with Crippen molar-refractivity contribution in [3.8, 4) is 10.6 Å². The number of morpholine rings is 1. The Kier molecular flexibility index (Phi) is 6.89. The number of rotatable bonds is 8. The molecule has 0 aromatic carbocycles. The molecule has 0 bridgehead atoms. The number of thiazole rings is 1. The van der Waals surface area contributed by atoms with Crippen LogP contribution in [0.2, 0.25) is 0 Å². The molecule has 38 heavy (non-hydrogen) atoms. The minimum Gasteiger partial charge on any atom is -0.390 e. The second-order valence-corrected chi connectivity index (χ2v) is 11.6. The molecule has 3 fully saturated rings. The largest absolute Gasteiger partial charge is 0.390 e. The van der Waals surface area contributed by atoms with Gasteiger partial charge in [-0.2, -0.15) is 4.98 Å². The van der Waals surface area contributed by atoms with Gasteiger partial charge in [0.15, 0.2) is 0 Å². The third-order valence-corrected chi connectivity index (χ3v) is 8.74. The van der Waals surface area contributed by atoms with Crippen molar-refractivity contribution >= 4 is 39.2 Å². The van der Waals surface area contributed by atoms with Crippen LogP contribution in [0.5, 0.6) is 0 Å². The highest BCUT2D eigenvalue weighted by atomic mass is 32.1. The number of ether oxygens (including phenoxy) is 1. The summed E-state index contributed by atoms with van der Waals surface area (Å²) in [5.41, 5.74) is 3.25. The molecular formula is C26H33N7O4S. The van der Waals surface area contributed by atoms with Gasteiger partial charge in [0.1, 0.15) is 29.1 Å². The highest BCUT2D eigenvalue weighted by Crippen LogP contribution is 2.39. The van der Waals surface area contributed by atoms with Crippen LogP contribution in [-0.2, 0) is 9.53 Å². The van der Waals surface area contributed by atoms with Crippen LogP contribution in [0.25, 0.3) is 20.8 Å². The second-order valence-electron chi connectivity index (χ2n) is 10.6. The maximum absolute atomic E-state index is 12.2. The molecule has 1 saturated heterocycles. The first kappa shape index (κ1) is 25.4. The summed E-state index contributed by atoms with van der Waals surface area (Å²) in [7, 11) is 0. The molecule has 11 nitrogen and oxygen atoms in total. The molecule has 4 atom stereocenters. The van der Waals surface area contributed by atoms with Gasteiger partial charge in [-0.3, -0.25) is 9.78 Å². The van der Waals surface area contributed by atoms with E-state index < -0.39 is 18.2 Å². The molecule has 3 aliphatic rings. The lowest BCUT2D eigenvalue weighted by Crippen LogP contribution is -2.45. The van der Waals surface area contributed by atoms with Crippen molar-refractivity contribution in [3.63, 3.8) is 0 Å². The van der Waals surface area contributed by atoms with Crippen molar-refractivity contribution in [3.05, 3.63) is 23.7 Å². The summed E-state index contributed by atoms with van der Waals surface area (Å²) in [4.78, 5) is 32.8. The molecule has 0 spiro atoms. The van der Waals surface area contributed by atoms with Crippen LogP contribution in [0.3, 0.4) is 0 Å². The normalized spacial score (nSPS) is 25.8. The van der Waals surface area contributed by atoms with Crippen LogP contribution in [0.15, 0.2) is 12.3 Å². The summed E-state index contributed by atoms with van der Waals surface area (Å²) in [6.45, 7) is 6.12. The molecule has 3 aromatic rings. The average molecular weight is 540 g/mol. The van der Waals surface area contributed by atoms with Gasteiger partial charge >= 0.3 is 0 Å². The number of pyridine rings is 1. The maximum Gasteiger partial charge on any atom is 0.248 e. The molecular weight excluding hydrogens is 506 g/mol. The number of aromatic nitrogens is 4. The molecule has 4 N–H and O–H groups in total. The van der Waals surface area contributed by atoms with Gasteiger partial charge < -0.3 is 30.5 Å². The summed E-state index contributed by atoms with van der Waals surface area (Å²) in [5.74, 6) is 1.41. The summed E-state index contributed by atoms with van der Waals surface area (Å²) >= 11 is 1.55. The Morgan fingerprint density at radius 3 is 2.76 bits per heavy atom. The van der Waals surface area contributed by atoms with Crippen molar-refractivity contribution in [1.82, 2.24) is 24.8 Å². The maximum atomic E-state index is 12.2. The fourth-order valence-corrected chi connectivity index (χ4v) is 6.42. The lowest BCUT2D eigenvalue weighted by Gasteiger charge is -2.30. The van der Waals surface area contributed by atoms with Crippen molar-refractivity contribution in [1.29, 1.82) is 0 Å². The fourth-order valence-electron chi connectivity index (χ4n) is 5.31. The molecule has 0 radical (unpaired) electrons. The highest BCUT2D eigenvalue weighted by molar-refractivity contribution is 7.21. The number of aliphatic hydroxyl groups excluding tert-OH is 2. The lowest BCUT2D eigenvalue weighted by molar-refractivity contribution is -0.144. The van der Waals surface area contributed by atoms with Crippen LogP contribution in [0, 0.1) is 25.7 Å². The van der Waals surface area contributed by atoms with Gasteiger partial charge in [0, 0.05) is 31.7 Å². The van der Waals surface area contributed by atoms with Gasteiger partial charge in [-0.15, -0.1) is 11.3 Å². The lowest BCUT2D eigenvalue weighted by atomic mass is 10.0. The van der Waals surface area contributed by atoms with E-state index in [0.29, 0.717) is 43.8 Å². The van der Waals surface area contributed by atoms with Crippen LogP contribution in [-0.4, -0.2) is 92.1 Å². The molecule has 3 aromatic heterocycles. The number of fused-ring (bicyclic) bond motifs is 1. The molecule has 0 unspecified atom stereocenters. The van der Waals surface area contributed by atoms with E-state index in [0.717, 1.165) is 38.7 Å². The molecule has 4 heterocycles. The Balaban J connectivity index is 1.30. The van der Waals surface area contributed by atoms with Crippen LogP contribution in [0.1, 0.15) is 30.7 Å². The number of nitrogens with zero attached hydrogens (tertiary/aromatic N) is 5. The Bertz CT molecular complexity index is 1350. The number of amides is 1. The predicted molar refractivity (Wildman–Crippen MR) is 144 cm³/mol. The van der Waals surface area contributed by atoms with Crippen molar-refractivity contribution in [2.24, 2.45) is 11.8 Å². The van der Waals surface area contributed by atoms with Gasteiger partial charge in [-0.25, -0.2) is 9.97 Å². The first-order chi connectivity index (χ1) is 18.4. The monoisotopic (exact) mass is 539 g/mol. The SMILES string of the molecule is Cc1nc(NCC2CC2)nc(N[C@@H]2C[C@H](CN3CCOCC3=O)[C@@H](O)[C@H]2O)c1-c1nc2c(C)nccc2s1. The summed E-state index contributed by atoms with van der Waals surface area (Å²) < 4.78 is 6.25. The van der Waals surface area contributed by atoms with Gasteiger partial charge in [0.25, 0.3) is 0 Å². The van der Waals surface area contributed by atoms with Crippen molar-refractivity contribution in [2.45, 2.75) is 51.4 Å². The number of aryl methyl sites for hydroxylation is 2. The zero-order valence-electron chi connectivity index (χ0n) is 21.6. The van der Waals surface area contributed by atoms with Gasteiger partial charge in [0.05, 0.1) is 40.4 Å². The Hall–Kier alpha value is -2.93. The zero-order valence-corrected chi connectivity index (χ0v) is 22.4. The molecule has 1 amide bonds. The smallest absolute Gasteiger partial charge is 0.248 e. The summed E-state index contributed by atoms with van der Waals surface area (Å²) in [5, 5.41) is 29.4. The quantitative estimate of drug-likeness (QED) is 0.335. The van der Waals surface area contributed by atoms with Crippen molar-refractivity contribution < 1.29 is 19.7 Å². The highest BCUT2D eigenvalue weighted by Gasteiger charge is 2.43. The number of anilines is 2. The van der Waals surface area contributed by atoms with E-state index in [1.165, 1.54) is 12.8 Å². The van der Waals surface area contributed by atoms with E-state index in [4.69, 9.17) is 19.7 Å². The first-order valence-electron chi connectivity index (χ1n) is 13.2. The van der Waals surface area contributed by atoms with Crippen molar-refractivity contribution in [2.75, 3.05) is 43.5 Å². The minimum absolute atomic E-state index is 0.0599. The number of nitrogens with one attached hydrogen (secondary N) is 2. The van der Waals surface area contributed by atoms with Crippen LogP contribution < -0.4 is 10.6 Å². The molecule has 202 valence electrons. The van der Waals surface area contributed by atoms with Crippen LogP contribution in [0.4, 0.5) is 11.8 Å². The number of carbonyl (C=O) groups excluding carboxylic acids is 1. The molecule has 1 aliphatic heterocycles. The van der Waals surface area contributed by atoms with E-state index in [9.17, 15) is 15.0 Å². The fraction of sp³-hybridized carbons (Fsp3) is 0.577. The van der Waals surface area contributed by atoms with E-state index in [1.54, 1.807) is 22.4 Å². The van der Waals surface area contributed by atoms with E-state index >= 15 is 0 Å². The topological polar surface area (TPSA) is 146 Å². The van der Waals surface area contributed by atoms with E-state index in [-0.39, 0.29) is 18.4 Å².